The Bertz CT molecular complexity index is 906. The molecule has 26 heavy (non-hydrogen) atoms. The van der Waals surface area contributed by atoms with E-state index in [2.05, 4.69) is 10.1 Å². The summed E-state index contributed by atoms with van der Waals surface area (Å²) in [6.45, 7) is -0.157. The Morgan fingerprint density at radius 1 is 1.15 bits per heavy atom. The maximum atomic E-state index is 13.8. The maximum Gasteiger partial charge on any atom is 0.337 e. The molecule has 1 fully saturated rings. The molecule has 132 valence electrons. The van der Waals surface area contributed by atoms with E-state index in [0.29, 0.717) is 11.1 Å². The zero-order valence-corrected chi connectivity index (χ0v) is 13.9. The van der Waals surface area contributed by atoms with E-state index in [9.17, 15) is 18.8 Å². The Hall–Kier alpha value is -3.48. The highest BCUT2D eigenvalue weighted by Crippen LogP contribution is 2.18. The first kappa shape index (κ1) is 17.3. The lowest BCUT2D eigenvalue weighted by Gasteiger charge is -2.12. The zero-order valence-electron chi connectivity index (χ0n) is 13.9. The molecule has 1 heterocycles. The first-order valence-electron chi connectivity index (χ1n) is 7.76. The minimum Gasteiger partial charge on any atom is -0.465 e. The number of nitrogens with one attached hydrogen (secondary N) is 1. The van der Waals surface area contributed by atoms with E-state index in [4.69, 9.17) is 0 Å². The van der Waals surface area contributed by atoms with Gasteiger partial charge in [-0.3, -0.25) is 9.69 Å². The first-order valence-corrected chi connectivity index (χ1v) is 7.76. The molecule has 0 atom stereocenters. The average Bonchev–Trinajstić information content (AvgIpc) is 2.91. The van der Waals surface area contributed by atoms with E-state index in [1.54, 1.807) is 30.3 Å². The van der Waals surface area contributed by atoms with Crippen LogP contribution in [0.4, 0.5) is 9.18 Å². The molecular weight excluding hydrogens is 339 g/mol. The van der Waals surface area contributed by atoms with Crippen molar-refractivity contribution < 1.29 is 23.5 Å². The van der Waals surface area contributed by atoms with Gasteiger partial charge in [0.1, 0.15) is 11.5 Å². The number of halogens is 1. The van der Waals surface area contributed by atoms with Crippen LogP contribution >= 0.6 is 0 Å². The summed E-state index contributed by atoms with van der Waals surface area (Å²) in [5.41, 5.74) is 1.32. The van der Waals surface area contributed by atoms with Gasteiger partial charge in [-0.2, -0.15) is 0 Å². The molecule has 1 aliphatic rings. The monoisotopic (exact) mass is 354 g/mol. The summed E-state index contributed by atoms with van der Waals surface area (Å²) in [5.74, 6) is -1.50. The predicted octanol–water partition coefficient (Wildman–Crippen LogP) is 2.71. The second kappa shape index (κ2) is 7.18. The van der Waals surface area contributed by atoms with Crippen molar-refractivity contribution in [1.29, 1.82) is 0 Å². The van der Waals surface area contributed by atoms with Gasteiger partial charge in [0.25, 0.3) is 5.91 Å². The number of carbonyl (C=O) groups is 3. The number of hydrogen-bond acceptors (Lipinski definition) is 4. The largest absolute Gasteiger partial charge is 0.465 e. The van der Waals surface area contributed by atoms with Gasteiger partial charge in [0.2, 0.25) is 0 Å². The van der Waals surface area contributed by atoms with Crippen LogP contribution in [0.15, 0.2) is 54.2 Å². The van der Waals surface area contributed by atoms with Crippen LogP contribution in [0, 0.1) is 5.82 Å². The summed E-state index contributed by atoms with van der Waals surface area (Å²) in [5, 5.41) is 2.47. The molecular formula is C19H15FN2O4. The molecule has 1 N–H and O–H groups in total. The lowest BCUT2D eigenvalue weighted by Crippen LogP contribution is -2.30. The Labute approximate surface area is 148 Å². The third-order valence-electron chi connectivity index (χ3n) is 3.89. The highest BCUT2D eigenvalue weighted by molar-refractivity contribution is 6.13. The Morgan fingerprint density at radius 3 is 2.50 bits per heavy atom. The van der Waals surface area contributed by atoms with Crippen molar-refractivity contribution in [2.75, 3.05) is 7.11 Å². The summed E-state index contributed by atoms with van der Waals surface area (Å²) in [4.78, 5) is 36.8. The number of nitrogens with zero attached hydrogens (tertiary/aromatic N) is 1. The molecule has 2 aromatic rings. The van der Waals surface area contributed by atoms with Crippen molar-refractivity contribution in [1.82, 2.24) is 10.2 Å². The van der Waals surface area contributed by atoms with E-state index >= 15 is 0 Å². The minimum atomic E-state index is -0.615. The van der Waals surface area contributed by atoms with E-state index < -0.39 is 23.7 Å². The molecule has 0 aliphatic carbocycles. The van der Waals surface area contributed by atoms with Gasteiger partial charge < -0.3 is 10.1 Å². The molecule has 0 spiro atoms. The van der Waals surface area contributed by atoms with Crippen LogP contribution in [-0.4, -0.2) is 29.9 Å². The highest BCUT2D eigenvalue weighted by atomic mass is 19.1. The van der Waals surface area contributed by atoms with Crippen LogP contribution in [0.3, 0.4) is 0 Å². The lowest BCUT2D eigenvalue weighted by molar-refractivity contribution is -0.123. The van der Waals surface area contributed by atoms with E-state index in [1.165, 1.54) is 31.4 Å². The van der Waals surface area contributed by atoms with Crippen LogP contribution < -0.4 is 5.32 Å². The van der Waals surface area contributed by atoms with Gasteiger partial charge >= 0.3 is 12.0 Å². The molecule has 7 heteroatoms. The molecule has 0 aromatic heterocycles. The second-order valence-electron chi connectivity index (χ2n) is 5.58. The molecule has 6 nitrogen and oxygen atoms in total. The fraction of sp³-hybridized carbons (Fsp3) is 0.105. The second-order valence-corrected chi connectivity index (χ2v) is 5.58. The quantitative estimate of drug-likeness (QED) is 0.520. The third kappa shape index (κ3) is 3.46. The van der Waals surface area contributed by atoms with Gasteiger partial charge in [-0.05, 0) is 29.8 Å². The summed E-state index contributed by atoms with van der Waals surface area (Å²) in [6.07, 6.45) is 1.49. The number of methoxy groups -OCH3 is 1. The maximum absolute atomic E-state index is 13.8. The summed E-state index contributed by atoms with van der Waals surface area (Å²) in [7, 11) is 1.29. The molecule has 1 saturated heterocycles. The molecule has 3 rings (SSSR count). The summed E-state index contributed by atoms with van der Waals surface area (Å²) in [6, 6.07) is 11.7. The van der Waals surface area contributed by atoms with Crippen LogP contribution in [0.1, 0.15) is 21.5 Å². The number of urea groups is 1. The molecule has 0 bridgehead atoms. The van der Waals surface area contributed by atoms with E-state index in [1.807, 2.05) is 0 Å². The van der Waals surface area contributed by atoms with Crippen molar-refractivity contribution >= 4 is 24.0 Å². The molecule has 0 unspecified atom stereocenters. The standard InChI is InChI=1S/C19H15FN2O4/c1-26-18(24)13-8-6-12(7-9-13)10-16-17(23)22(19(25)21-16)11-14-4-2-3-5-15(14)20/h2-10H,11H2,1H3,(H,21,25)/b16-10-. The molecule has 1 aliphatic heterocycles. The molecule has 0 radical (unpaired) electrons. The number of ether oxygens (including phenoxy) is 1. The van der Waals surface area contributed by atoms with E-state index in [0.717, 1.165) is 4.90 Å². The van der Waals surface area contributed by atoms with Crippen molar-refractivity contribution in [2.24, 2.45) is 0 Å². The fourth-order valence-electron chi connectivity index (χ4n) is 2.51. The summed E-state index contributed by atoms with van der Waals surface area (Å²) >= 11 is 0. The Kier molecular flexibility index (Phi) is 4.79. The number of hydrogen-bond donors (Lipinski definition) is 1. The van der Waals surface area contributed by atoms with Gasteiger partial charge in [0, 0.05) is 5.56 Å². The smallest absolute Gasteiger partial charge is 0.337 e. The van der Waals surface area contributed by atoms with Crippen LogP contribution in [-0.2, 0) is 16.1 Å². The normalized spacial score (nSPS) is 15.3. The topological polar surface area (TPSA) is 75.7 Å². The predicted molar refractivity (Wildman–Crippen MR) is 91.2 cm³/mol. The van der Waals surface area contributed by atoms with Crippen LogP contribution in [0.5, 0.6) is 0 Å². The average molecular weight is 354 g/mol. The number of carbonyl (C=O) groups excluding carboxylic acids is 3. The Morgan fingerprint density at radius 2 is 1.85 bits per heavy atom. The van der Waals surface area contributed by atoms with Crippen molar-refractivity contribution in [3.05, 3.63) is 76.7 Å². The lowest BCUT2D eigenvalue weighted by atomic mass is 10.1. The number of benzene rings is 2. The highest BCUT2D eigenvalue weighted by Gasteiger charge is 2.33. The van der Waals surface area contributed by atoms with Crippen molar-refractivity contribution in [3.8, 4) is 0 Å². The van der Waals surface area contributed by atoms with E-state index in [-0.39, 0.29) is 17.8 Å². The van der Waals surface area contributed by atoms with Gasteiger partial charge in [-0.15, -0.1) is 0 Å². The first-order chi connectivity index (χ1) is 12.5. The zero-order chi connectivity index (χ0) is 18.7. The SMILES string of the molecule is COC(=O)c1ccc(/C=C2\NC(=O)N(Cc3ccccc3F)C2=O)cc1. The van der Waals surface area contributed by atoms with Gasteiger partial charge in [0.15, 0.2) is 0 Å². The third-order valence-corrected chi connectivity index (χ3v) is 3.89. The van der Waals surface area contributed by atoms with Gasteiger partial charge in [0.05, 0.1) is 19.2 Å². The number of rotatable bonds is 4. The Balaban J connectivity index is 1.79. The molecule has 0 saturated carbocycles. The molecule has 2 aromatic carbocycles. The number of amides is 3. The minimum absolute atomic E-state index is 0.0807. The van der Waals surface area contributed by atoms with Gasteiger partial charge in [-0.25, -0.2) is 14.0 Å². The number of esters is 1. The van der Waals surface area contributed by atoms with Crippen molar-refractivity contribution in [3.63, 3.8) is 0 Å². The van der Waals surface area contributed by atoms with Gasteiger partial charge in [-0.1, -0.05) is 30.3 Å². The number of imide groups is 1. The van der Waals surface area contributed by atoms with Crippen LogP contribution in [0.25, 0.3) is 6.08 Å². The molecule has 3 amide bonds. The van der Waals surface area contributed by atoms with Crippen molar-refractivity contribution in [2.45, 2.75) is 6.54 Å². The summed E-state index contributed by atoms with van der Waals surface area (Å²) < 4.78 is 18.4. The fourth-order valence-corrected chi connectivity index (χ4v) is 2.51. The van der Waals surface area contributed by atoms with Crippen LogP contribution in [0.2, 0.25) is 0 Å².